The number of aryl methyl sites for hydroxylation is 2. The highest BCUT2D eigenvalue weighted by Gasteiger charge is 2.08. The third-order valence-electron chi connectivity index (χ3n) is 3.51. The SMILES string of the molecule is CCNC(=O)c1ccc(NC(=O)NCCCn2ccnc2)c(C)c1. The van der Waals surface area contributed by atoms with Gasteiger partial charge in [-0.3, -0.25) is 4.79 Å². The Balaban J connectivity index is 1.79. The fraction of sp³-hybridized carbons (Fsp3) is 0.353. The van der Waals surface area contributed by atoms with Crippen molar-refractivity contribution in [3.8, 4) is 0 Å². The molecule has 7 nitrogen and oxygen atoms in total. The maximum Gasteiger partial charge on any atom is 0.319 e. The molecule has 1 aromatic carbocycles. The van der Waals surface area contributed by atoms with Crippen LogP contribution in [0.1, 0.15) is 29.3 Å². The van der Waals surface area contributed by atoms with Gasteiger partial charge in [-0.2, -0.15) is 0 Å². The molecule has 1 heterocycles. The van der Waals surface area contributed by atoms with E-state index in [0.717, 1.165) is 18.5 Å². The summed E-state index contributed by atoms with van der Waals surface area (Å²) in [6.45, 7) is 5.69. The quantitative estimate of drug-likeness (QED) is 0.680. The van der Waals surface area contributed by atoms with Gasteiger partial charge in [0, 0.05) is 43.3 Å². The summed E-state index contributed by atoms with van der Waals surface area (Å²) in [5.74, 6) is -0.115. The number of benzene rings is 1. The minimum absolute atomic E-state index is 0.115. The fourth-order valence-electron chi connectivity index (χ4n) is 2.26. The van der Waals surface area contributed by atoms with E-state index in [1.165, 1.54) is 0 Å². The number of anilines is 1. The number of rotatable bonds is 7. The number of hydrogen-bond acceptors (Lipinski definition) is 3. The van der Waals surface area contributed by atoms with E-state index >= 15 is 0 Å². The van der Waals surface area contributed by atoms with Crippen LogP contribution in [0, 0.1) is 6.92 Å². The predicted octanol–water partition coefficient (Wildman–Crippen LogP) is 2.15. The third-order valence-corrected chi connectivity index (χ3v) is 3.51. The lowest BCUT2D eigenvalue weighted by Gasteiger charge is -2.11. The summed E-state index contributed by atoms with van der Waals surface area (Å²) in [5.41, 5.74) is 2.11. The Hall–Kier alpha value is -2.83. The predicted molar refractivity (Wildman–Crippen MR) is 93.1 cm³/mol. The first kappa shape index (κ1) is 17.5. The molecule has 0 saturated heterocycles. The number of imidazole rings is 1. The molecular formula is C17H23N5O2. The van der Waals surface area contributed by atoms with E-state index in [1.807, 2.05) is 24.6 Å². The molecule has 128 valence electrons. The van der Waals surface area contributed by atoms with E-state index in [2.05, 4.69) is 20.9 Å². The number of nitrogens with zero attached hydrogens (tertiary/aromatic N) is 2. The highest BCUT2D eigenvalue weighted by atomic mass is 16.2. The van der Waals surface area contributed by atoms with Crippen LogP contribution in [0.5, 0.6) is 0 Å². The van der Waals surface area contributed by atoms with E-state index < -0.39 is 0 Å². The van der Waals surface area contributed by atoms with Crippen LogP contribution >= 0.6 is 0 Å². The van der Waals surface area contributed by atoms with Crippen LogP contribution in [0.15, 0.2) is 36.9 Å². The summed E-state index contributed by atoms with van der Waals surface area (Å²) in [6, 6.07) is 4.95. The second-order valence-corrected chi connectivity index (χ2v) is 5.42. The number of nitrogens with one attached hydrogen (secondary N) is 3. The summed E-state index contributed by atoms with van der Waals surface area (Å²) in [4.78, 5) is 27.7. The van der Waals surface area contributed by atoms with Crippen molar-refractivity contribution in [3.05, 3.63) is 48.0 Å². The summed E-state index contributed by atoms with van der Waals surface area (Å²) in [7, 11) is 0. The molecule has 0 bridgehead atoms. The average molecular weight is 329 g/mol. The van der Waals surface area contributed by atoms with Crippen molar-refractivity contribution in [1.82, 2.24) is 20.2 Å². The van der Waals surface area contributed by atoms with Crippen LogP contribution in [-0.2, 0) is 6.54 Å². The first-order valence-electron chi connectivity index (χ1n) is 7.99. The Morgan fingerprint density at radius 2 is 2.08 bits per heavy atom. The van der Waals surface area contributed by atoms with Crippen LogP contribution < -0.4 is 16.0 Å². The van der Waals surface area contributed by atoms with Gasteiger partial charge in [-0.1, -0.05) is 0 Å². The monoisotopic (exact) mass is 329 g/mol. The lowest BCUT2D eigenvalue weighted by molar-refractivity contribution is 0.0955. The van der Waals surface area contributed by atoms with Gasteiger partial charge in [0.1, 0.15) is 0 Å². The molecule has 0 atom stereocenters. The molecule has 1 aromatic heterocycles. The standard InChI is InChI=1S/C17H23N5O2/c1-3-19-16(23)14-5-6-15(13(2)11-14)21-17(24)20-7-4-9-22-10-8-18-12-22/h5-6,8,10-12H,3-4,7,9H2,1-2H3,(H,19,23)(H2,20,21,24). The Morgan fingerprint density at radius 3 is 2.75 bits per heavy atom. The lowest BCUT2D eigenvalue weighted by Crippen LogP contribution is -2.30. The van der Waals surface area contributed by atoms with Gasteiger partial charge in [0.05, 0.1) is 6.33 Å². The zero-order valence-corrected chi connectivity index (χ0v) is 14.0. The molecule has 0 aliphatic rings. The minimum Gasteiger partial charge on any atom is -0.352 e. The van der Waals surface area contributed by atoms with Crippen molar-refractivity contribution >= 4 is 17.6 Å². The van der Waals surface area contributed by atoms with Gasteiger partial charge >= 0.3 is 6.03 Å². The molecule has 0 fully saturated rings. The van der Waals surface area contributed by atoms with E-state index in [1.54, 1.807) is 30.7 Å². The average Bonchev–Trinajstić information content (AvgIpc) is 3.07. The van der Waals surface area contributed by atoms with Gasteiger partial charge in [-0.05, 0) is 44.0 Å². The number of carbonyl (C=O) groups excluding carboxylic acids is 2. The Bertz CT molecular complexity index is 682. The van der Waals surface area contributed by atoms with Crippen LogP contribution in [0.25, 0.3) is 0 Å². The molecular weight excluding hydrogens is 306 g/mol. The van der Waals surface area contributed by atoms with Gasteiger partial charge in [-0.15, -0.1) is 0 Å². The Labute approximate surface area is 141 Å². The highest BCUT2D eigenvalue weighted by Crippen LogP contribution is 2.16. The Morgan fingerprint density at radius 1 is 1.25 bits per heavy atom. The van der Waals surface area contributed by atoms with Crippen molar-refractivity contribution < 1.29 is 9.59 Å². The largest absolute Gasteiger partial charge is 0.352 e. The smallest absolute Gasteiger partial charge is 0.319 e. The molecule has 0 aliphatic heterocycles. The minimum atomic E-state index is -0.255. The second-order valence-electron chi connectivity index (χ2n) is 5.42. The molecule has 3 amide bonds. The molecule has 0 unspecified atom stereocenters. The molecule has 0 radical (unpaired) electrons. The molecule has 0 saturated carbocycles. The summed E-state index contributed by atoms with van der Waals surface area (Å²) >= 11 is 0. The van der Waals surface area contributed by atoms with Crippen LogP contribution in [-0.4, -0.2) is 34.6 Å². The Kier molecular flexibility index (Phi) is 6.36. The molecule has 0 spiro atoms. The zero-order chi connectivity index (χ0) is 17.4. The van der Waals surface area contributed by atoms with Gasteiger partial charge in [0.15, 0.2) is 0 Å². The first-order chi connectivity index (χ1) is 11.6. The molecule has 7 heteroatoms. The van der Waals surface area contributed by atoms with E-state index in [-0.39, 0.29) is 11.9 Å². The molecule has 24 heavy (non-hydrogen) atoms. The van der Waals surface area contributed by atoms with Crippen LogP contribution in [0.3, 0.4) is 0 Å². The maximum absolute atomic E-state index is 11.9. The number of aromatic nitrogens is 2. The van der Waals surface area contributed by atoms with E-state index in [9.17, 15) is 9.59 Å². The number of amides is 3. The first-order valence-corrected chi connectivity index (χ1v) is 7.99. The summed E-state index contributed by atoms with van der Waals surface area (Å²) in [5, 5.41) is 8.37. The third kappa shape index (κ3) is 5.12. The van der Waals surface area contributed by atoms with Crippen molar-refractivity contribution in [2.45, 2.75) is 26.8 Å². The van der Waals surface area contributed by atoms with Gasteiger partial charge in [0.25, 0.3) is 5.91 Å². The maximum atomic E-state index is 11.9. The van der Waals surface area contributed by atoms with Crippen molar-refractivity contribution in [3.63, 3.8) is 0 Å². The fourth-order valence-corrected chi connectivity index (χ4v) is 2.26. The number of hydrogen-bond donors (Lipinski definition) is 3. The molecule has 3 N–H and O–H groups in total. The normalized spacial score (nSPS) is 10.2. The van der Waals surface area contributed by atoms with Crippen LogP contribution in [0.2, 0.25) is 0 Å². The van der Waals surface area contributed by atoms with Crippen LogP contribution in [0.4, 0.5) is 10.5 Å². The molecule has 2 rings (SSSR count). The van der Waals surface area contributed by atoms with Crippen molar-refractivity contribution in [1.29, 1.82) is 0 Å². The zero-order valence-electron chi connectivity index (χ0n) is 14.0. The topological polar surface area (TPSA) is 88.0 Å². The van der Waals surface area contributed by atoms with E-state index in [4.69, 9.17) is 0 Å². The van der Waals surface area contributed by atoms with Gasteiger partial charge in [-0.25, -0.2) is 9.78 Å². The lowest BCUT2D eigenvalue weighted by atomic mass is 10.1. The molecule has 0 aliphatic carbocycles. The van der Waals surface area contributed by atoms with Gasteiger partial charge in [0.2, 0.25) is 0 Å². The summed E-state index contributed by atoms with van der Waals surface area (Å²) < 4.78 is 1.96. The van der Waals surface area contributed by atoms with Crippen molar-refractivity contribution in [2.75, 3.05) is 18.4 Å². The summed E-state index contributed by atoms with van der Waals surface area (Å²) in [6.07, 6.45) is 6.19. The second kappa shape index (κ2) is 8.71. The van der Waals surface area contributed by atoms with Crippen molar-refractivity contribution in [2.24, 2.45) is 0 Å². The van der Waals surface area contributed by atoms with Gasteiger partial charge < -0.3 is 20.5 Å². The highest BCUT2D eigenvalue weighted by molar-refractivity contribution is 5.96. The number of carbonyl (C=O) groups is 2. The molecule has 2 aromatic rings. The van der Waals surface area contributed by atoms with E-state index in [0.29, 0.717) is 24.3 Å². The number of urea groups is 1.